The molecule has 4 rings (SSSR count). The molecule has 0 aromatic carbocycles. The SMILES string of the molecule is CC(CO)[C@@H]1[C@H]2OC(=O)[C@@H]1[C@@H]1CC[C@]3(O)[C@H](O)O[C@H]2[C@]13C. The molecule has 9 atom stereocenters. The number of esters is 1. The van der Waals surface area contributed by atoms with Crippen LogP contribution in [0, 0.1) is 29.1 Å². The molecule has 0 spiro atoms. The Kier molecular flexibility index (Phi) is 2.64. The van der Waals surface area contributed by atoms with Crippen molar-refractivity contribution in [3.05, 3.63) is 0 Å². The molecule has 3 N–H and O–H groups in total. The van der Waals surface area contributed by atoms with Crippen LogP contribution in [0.2, 0.25) is 0 Å². The van der Waals surface area contributed by atoms with Gasteiger partial charge < -0.3 is 24.8 Å². The van der Waals surface area contributed by atoms with E-state index in [4.69, 9.17) is 9.47 Å². The Bertz CT molecular complexity index is 495. The van der Waals surface area contributed by atoms with Crippen LogP contribution in [-0.2, 0) is 14.3 Å². The molecule has 4 fully saturated rings. The molecule has 0 amide bonds. The third kappa shape index (κ3) is 1.32. The fourth-order valence-corrected chi connectivity index (χ4v) is 5.63. The van der Waals surface area contributed by atoms with E-state index in [0.29, 0.717) is 12.8 Å². The number of carbonyl (C=O) groups excluding carboxylic acids is 1. The maximum absolute atomic E-state index is 12.3. The number of aliphatic hydroxyl groups excluding tert-OH is 2. The van der Waals surface area contributed by atoms with E-state index in [1.54, 1.807) is 0 Å². The van der Waals surface area contributed by atoms with Gasteiger partial charge in [0.15, 0.2) is 6.29 Å². The van der Waals surface area contributed by atoms with Crippen LogP contribution in [0.1, 0.15) is 26.7 Å². The van der Waals surface area contributed by atoms with Crippen molar-refractivity contribution in [3.63, 3.8) is 0 Å². The highest BCUT2D eigenvalue weighted by Crippen LogP contribution is 2.68. The maximum Gasteiger partial charge on any atom is 0.310 e. The van der Waals surface area contributed by atoms with Crippen molar-refractivity contribution in [3.8, 4) is 0 Å². The van der Waals surface area contributed by atoms with Gasteiger partial charge in [-0.2, -0.15) is 0 Å². The molecule has 2 bridgehead atoms. The summed E-state index contributed by atoms with van der Waals surface area (Å²) in [5.74, 6) is -0.825. The smallest absolute Gasteiger partial charge is 0.310 e. The van der Waals surface area contributed by atoms with Crippen molar-refractivity contribution in [2.45, 2.75) is 50.8 Å². The van der Waals surface area contributed by atoms with Gasteiger partial charge in [-0.1, -0.05) is 13.8 Å². The summed E-state index contributed by atoms with van der Waals surface area (Å²) in [6.07, 6.45) is -1.13. The summed E-state index contributed by atoms with van der Waals surface area (Å²) in [4.78, 5) is 12.3. The lowest BCUT2D eigenvalue weighted by Gasteiger charge is -2.48. The Morgan fingerprint density at radius 2 is 2.19 bits per heavy atom. The van der Waals surface area contributed by atoms with Gasteiger partial charge in [0.2, 0.25) is 0 Å². The monoisotopic (exact) mass is 298 g/mol. The van der Waals surface area contributed by atoms with E-state index in [1.165, 1.54) is 0 Å². The van der Waals surface area contributed by atoms with Gasteiger partial charge >= 0.3 is 5.97 Å². The molecular formula is C15H22O6. The molecule has 0 aromatic rings. The lowest BCUT2D eigenvalue weighted by Crippen LogP contribution is -2.59. The maximum atomic E-state index is 12.3. The summed E-state index contributed by atoms with van der Waals surface area (Å²) in [7, 11) is 0. The van der Waals surface area contributed by atoms with Gasteiger partial charge in [-0.05, 0) is 24.7 Å². The number of aliphatic hydroxyl groups is 3. The molecule has 0 radical (unpaired) electrons. The first-order chi connectivity index (χ1) is 9.86. The van der Waals surface area contributed by atoms with Gasteiger partial charge in [-0.25, -0.2) is 0 Å². The summed E-state index contributed by atoms with van der Waals surface area (Å²) < 4.78 is 11.2. The molecule has 6 nitrogen and oxygen atoms in total. The minimum Gasteiger partial charge on any atom is -0.459 e. The second kappa shape index (κ2) is 3.98. The second-order valence-electron chi connectivity index (χ2n) is 7.43. The molecule has 2 saturated heterocycles. The Morgan fingerprint density at radius 3 is 2.86 bits per heavy atom. The van der Waals surface area contributed by atoms with Crippen LogP contribution in [0.15, 0.2) is 0 Å². The van der Waals surface area contributed by atoms with Crippen molar-refractivity contribution in [1.29, 1.82) is 0 Å². The number of ether oxygens (including phenoxy) is 2. The highest BCUT2D eigenvalue weighted by molar-refractivity contribution is 5.77. The fraction of sp³-hybridized carbons (Fsp3) is 0.933. The summed E-state index contributed by atoms with van der Waals surface area (Å²) in [6, 6.07) is 0. The zero-order valence-electron chi connectivity index (χ0n) is 12.2. The van der Waals surface area contributed by atoms with Crippen molar-refractivity contribution in [1.82, 2.24) is 0 Å². The summed E-state index contributed by atoms with van der Waals surface area (Å²) in [5.41, 5.74) is -1.97. The van der Waals surface area contributed by atoms with E-state index in [2.05, 4.69) is 0 Å². The van der Waals surface area contributed by atoms with E-state index in [-0.39, 0.29) is 36.2 Å². The van der Waals surface area contributed by atoms with Gasteiger partial charge in [0, 0.05) is 17.9 Å². The van der Waals surface area contributed by atoms with Gasteiger partial charge in [-0.3, -0.25) is 4.79 Å². The molecule has 2 aliphatic carbocycles. The molecule has 21 heavy (non-hydrogen) atoms. The second-order valence-corrected chi connectivity index (χ2v) is 7.43. The Balaban J connectivity index is 1.84. The standard InChI is InChI=1S/C15H22O6/c1-6(5-16)8-9-7-3-4-15(19)13(18)21-11(14(7,15)2)10(8)20-12(9)17/h6-11,13,16,18-19H,3-5H2,1-2H3/t6?,7-,8-,9+,10+,11+,13+,14-,15-/m0/s1. The average molecular weight is 298 g/mol. The lowest BCUT2D eigenvalue weighted by atomic mass is 9.54. The van der Waals surface area contributed by atoms with Gasteiger partial charge in [-0.15, -0.1) is 0 Å². The van der Waals surface area contributed by atoms with E-state index in [1.807, 2.05) is 13.8 Å². The van der Waals surface area contributed by atoms with Crippen LogP contribution in [0.25, 0.3) is 0 Å². The molecule has 118 valence electrons. The Hall–Kier alpha value is -0.690. The van der Waals surface area contributed by atoms with Crippen LogP contribution in [0.5, 0.6) is 0 Å². The van der Waals surface area contributed by atoms with Crippen LogP contribution in [-0.4, -0.2) is 52.0 Å². The predicted molar refractivity (Wildman–Crippen MR) is 69.8 cm³/mol. The van der Waals surface area contributed by atoms with E-state index in [9.17, 15) is 20.1 Å². The largest absolute Gasteiger partial charge is 0.459 e. The lowest BCUT2D eigenvalue weighted by molar-refractivity contribution is -0.185. The molecular weight excluding hydrogens is 276 g/mol. The third-order valence-electron chi connectivity index (χ3n) is 6.81. The normalized spacial score (nSPS) is 59.0. The molecule has 1 unspecified atom stereocenters. The summed E-state index contributed by atoms with van der Waals surface area (Å²) in [5, 5.41) is 30.6. The summed E-state index contributed by atoms with van der Waals surface area (Å²) >= 11 is 0. The number of fused-ring (bicyclic) bond motifs is 4. The molecule has 0 aromatic heterocycles. The number of carbonyl (C=O) groups is 1. The third-order valence-corrected chi connectivity index (χ3v) is 6.81. The van der Waals surface area contributed by atoms with Gasteiger partial charge in [0.05, 0.1) is 5.92 Å². The number of hydrogen-bond donors (Lipinski definition) is 3. The van der Waals surface area contributed by atoms with E-state index >= 15 is 0 Å². The highest BCUT2D eigenvalue weighted by Gasteiger charge is 2.79. The first-order valence-corrected chi connectivity index (χ1v) is 7.73. The van der Waals surface area contributed by atoms with Gasteiger partial charge in [0.25, 0.3) is 0 Å². The highest BCUT2D eigenvalue weighted by atomic mass is 16.7. The van der Waals surface area contributed by atoms with Crippen molar-refractivity contribution in [2.75, 3.05) is 6.61 Å². The van der Waals surface area contributed by atoms with Crippen LogP contribution in [0.4, 0.5) is 0 Å². The van der Waals surface area contributed by atoms with Crippen LogP contribution in [0.3, 0.4) is 0 Å². The fourth-order valence-electron chi connectivity index (χ4n) is 5.63. The minimum absolute atomic E-state index is 0.0166. The summed E-state index contributed by atoms with van der Waals surface area (Å²) in [6.45, 7) is 3.80. The number of rotatable bonds is 2. The van der Waals surface area contributed by atoms with Crippen LogP contribution >= 0.6 is 0 Å². The molecule has 6 heteroatoms. The molecule has 2 heterocycles. The number of hydrogen-bond acceptors (Lipinski definition) is 6. The minimum atomic E-state index is -1.31. The first-order valence-electron chi connectivity index (χ1n) is 7.73. The molecule has 2 aliphatic heterocycles. The molecule has 4 aliphatic rings. The molecule has 2 saturated carbocycles. The Labute approximate surface area is 123 Å². The van der Waals surface area contributed by atoms with Gasteiger partial charge in [0.1, 0.15) is 17.8 Å². The quantitative estimate of drug-likeness (QED) is 0.603. The van der Waals surface area contributed by atoms with E-state index < -0.39 is 29.5 Å². The van der Waals surface area contributed by atoms with Crippen molar-refractivity contribution < 1.29 is 29.6 Å². The zero-order chi connectivity index (χ0) is 15.2. The van der Waals surface area contributed by atoms with Crippen molar-refractivity contribution in [2.24, 2.45) is 29.1 Å². The average Bonchev–Trinajstić information content (AvgIpc) is 2.96. The van der Waals surface area contributed by atoms with Crippen LogP contribution < -0.4 is 0 Å². The van der Waals surface area contributed by atoms with E-state index in [0.717, 1.165) is 0 Å². The predicted octanol–water partition coefficient (Wildman–Crippen LogP) is -0.349. The first kappa shape index (κ1) is 13.9. The zero-order valence-corrected chi connectivity index (χ0v) is 12.2. The topological polar surface area (TPSA) is 96.2 Å². The van der Waals surface area contributed by atoms with Crippen molar-refractivity contribution >= 4 is 5.97 Å². The Morgan fingerprint density at radius 1 is 1.48 bits per heavy atom.